The van der Waals surface area contributed by atoms with Gasteiger partial charge in [0, 0.05) is 12.1 Å². The maximum absolute atomic E-state index is 10.1. The summed E-state index contributed by atoms with van der Waals surface area (Å²) in [7, 11) is -1.23. The average molecular weight is 210 g/mol. The largest absolute Gasteiger partial charge is 0.478 e. The van der Waals surface area contributed by atoms with Gasteiger partial charge in [-0.3, -0.25) is 0 Å². The van der Waals surface area contributed by atoms with Gasteiger partial charge in [0.05, 0.1) is 0 Å². The molecule has 0 radical (unpaired) electrons. The number of hydrogen-bond donors (Lipinski definition) is 0. The van der Waals surface area contributed by atoms with E-state index in [0.29, 0.717) is 0 Å². The minimum absolute atomic E-state index is 0. The van der Waals surface area contributed by atoms with E-state index < -0.39 is 9.26 Å². The van der Waals surface area contributed by atoms with Crippen molar-refractivity contribution >= 4 is 32.0 Å². The number of benzene rings is 1. The molecule has 0 heterocycles. The smallest absolute Gasteiger partial charge is 0.147 e. The van der Waals surface area contributed by atoms with Crippen LogP contribution in [0.3, 0.4) is 0 Å². The summed E-state index contributed by atoms with van der Waals surface area (Å²) in [5.74, 6) is 0. The summed E-state index contributed by atoms with van der Waals surface area (Å²) >= 11 is 0. The quantitative estimate of drug-likeness (QED) is 0.655. The van der Waals surface area contributed by atoms with Crippen LogP contribution in [0.1, 0.15) is 0 Å². The van der Waals surface area contributed by atoms with Crippen LogP contribution in [0.4, 0.5) is 0 Å². The van der Waals surface area contributed by atoms with Crippen molar-refractivity contribution < 1.29 is 8.42 Å². The molecule has 1 aromatic rings. The van der Waals surface area contributed by atoms with Crippen molar-refractivity contribution in [3.8, 4) is 0 Å². The Kier molecular flexibility index (Phi) is 5.02. The molecular weight excluding hydrogens is 204 g/mol. The minimum atomic E-state index is -2.05. The van der Waals surface area contributed by atoms with Crippen molar-refractivity contribution in [2.75, 3.05) is 0 Å². The standard InChI is InChI=1S/C6H5O2S2.ClH/c7-10(8)9-6-4-2-1-3-5-6;/h1-5H;1H/q+1;. The molecule has 0 N–H and O–H groups in total. The highest BCUT2D eigenvalue weighted by atomic mass is 35.5. The van der Waals surface area contributed by atoms with Crippen LogP contribution in [0.15, 0.2) is 35.2 Å². The predicted octanol–water partition coefficient (Wildman–Crippen LogP) is 1.34. The van der Waals surface area contributed by atoms with Gasteiger partial charge in [0.25, 0.3) is 4.90 Å². The molecule has 0 amide bonds. The average Bonchev–Trinajstić information content (AvgIpc) is 1.88. The Hall–Kier alpha value is -0.450. The van der Waals surface area contributed by atoms with Gasteiger partial charge in [-0.15, -0.1) is 20.8 Å². The summed E-state index contributed by atoms with van der Waals surface area (Å²) in [5.41, 5.74) is 0. The molecule has 1 aromatic carbocycles. The van der Waals surface area contributed by atoms with E-state index >= 15 is 0 Å². The SMILES string of the molecule is Cl.O=S(=O)=[S+]c1ccccc1. The third-order valence-corrected chi connectivity index (χ3v) is 2.49. The summed E-state index contributed by atoms with van der Waals surface area (Å²) in [6.45, 7) is 0. The summed E-state index contributed by atoms with van der Waals surface area (Å²) < 4.78 is 20.3. The Balaban J connectivity index is 0.000001000. The predicted molar refractivity (Wildman–Crippen MR) is 48.2 cm³/mol. The molecule has 0 aliphatic rings. The second-order valence-corrected chi connectivity index (χ2v) is 3.96. The van der Waals surface area contributed by atoms with Gasteiger partial charge in [-0.2, -0.15) is 0 Å². The molecule has 0 atom stereocenters. The molecule has 0 spiro atoms. The van der Waals surface area contributed by atoms with Crippen LogP contribution in [-0.4, -0.2) is 8.42 Å². The normalized spacial score (nSPS) is 8.00. The highest BCUT2D eigenvalue weighted by Gasteiger charge is 2.00. The lowest BCUT2D eigenvalue weighted by atomic mass is 10.4. The van der Waals surface area contributed by atoms with E-state index in [1.807, 2.05) is 6.07 Å². The first-order valence-electron chi connectivity index (χ1n) is 2.61. The molecule has 5 heteroatoms. The fraction of sp³-hybridized carbons (Fsp3) is 0. The van der Waals surface area contributed by atoms with Gasteiger partial charge in [-0.05, 0) is 0 Å². The molecule has 0 aliphatic carbocycles. The number of hydrogen-bond acceptors (Lipinski definition) is 2. The Bertz CT molecular complexity index is 323. The van der Waals surface area contributed by atoms with Crippen molar-refractivity contribution in [2.45, 2.75) is 4.90 Å². The fourth-order valence-electron chi connectivity index (χ4n) is 0.555. The highest BCUT2D eigenvalue weighted by Crippen LogP contribution is 1.96. The lowest BCUT2D eigenvalue weighted by Gasteiger charge is -1.72. The Morgan fingerprint density at radius 3 is 2.09 bits per heavy atom. The van der Waals surface area contributed by atoms with Gasteiger partial charge in [-0.1, -0.05) is 18.2 Å². The topological polar surface area (TPSA) is 34.1 Å². The summed E-state index contributed by atoms with van der Waals surface area (Å²) in [5, 5.41) is 0. The molecule has 11 heavy (non-hydrogen) atoms. The summed E-state index contributed by atoms with van der Waals surface area (Å²) in [4.78, 5) is 0.746. The maximum Gasteiger partial charge on any atom is 0.478 e. The molecular formula is C6H6ClO2S2+. The lowest BCUT2D eigenvalue weighted by Crippen LogP contribution is -1.70. The Morgan fingerprint density at radius 1 is 1.09 bits per heavy atom. The highest BCUT2D eigenvalue weighted by molar-refractivity contribution is 8.23. The van der Waals surface area contributed by atoms with Gasteiger partial charge in [0.15, 0.2) is 0 Å². The molecule has 2 nitrogen and oxygen atoms in total. The summed E-state index contributed by atoms with van der Waals surface area (Å²) in [6.07, 6.45) is 0. The Labute approximate surface area is 75.8 Å². The third kappa shape index (κ3) is 4.08. The molecule has 60 valence electrons. The molecule has 0 aliphatic heterocycles. The van der Waals surface area contributed by atoms with E-state index in [4.69, 9.17) is 0 Å². The van der Waals surface area contributed by atoms with Crippen molar-refractivity contribution in [1.82, 2.24) is 0 Å². The molecule has 0 saturated heterocycles. The fourth-order valence-corrected chi connectivity index (χ4v) is 1.78. The van der Waals surface area contributed by atoms with Crippen LogP contribution in [0.25, 0.3) is 0 Å². The second kappa shape index (κ2) is 5.23. The van der Waals surface area contributed by atoms with Gasteiger partial charge >= 0.3 is 19.6 Å². The van der Waals surface area contributed by atoms with Crippen LogP contribution in [0, 0.1) is 0 Å². The molecule has 1 rings (SSSR count). The van der Waals surface area contributed by atoms with E-state index in [0.717, 1.165) is 15.2 Å². The van der Waals surface area contributed by atoms with Gasteiger partial charge in [-0.25, -0.2) is 0 Å². The minimum Gasteiger partial charge on any atom is -0.147 e. The van der Waals surface area contributed by atoms with Gasteiger partial charge in [0.1, 0.15) is 0 Å². The van der Waals surface area contributed by atoms with Gasteiger partial charge < -0.3 is 0 Å². The lowest BCUT2D eigenvalue weighted by molar-refractivity contribution is 0.628. The van der Waals surface area contributed by atoms with Crippen LogP contribution in [0.2, 0.25) is 0 Å². The second-order valence-electron chi connectivity index (χ2n) is 1.60. The monoisotopic (exact) mass is 209 g/mol. The van der Waals surface area contributed by atoms with Crippen LogP contribution >= 0.6 is 12.4 Å². The summed E-state index contributed by atoms with van der Waals surface area (Å²) in [6, 6.07) is 8.95. The maximum atomic E-state index is 10.1. The number of rotatable bonds is 1. The van der Waals surface area contributed by atoms with Gasteiger partial charge in [0.2, 0.25) is 0 Å². The molecule has 0 bridgehead atoms. The third-order valence-electron chi connectivity index (χ3n) is 0.907. The first kappa shape index (κ1) is 10.6. The van der Waals surface area contributed by atoms with Crippen molar-refractivity contribution in [3.05, 3.63) is 30.3 Å². The van der Waals surface area contributed by atoms with E-state index in [2.05, 4.69) is 0 Å². The van der Waals surface area contributed by atoms with Crippen LogP contribution in [-0.2, 0) is 19.6 Å². The van der Waals surface area contributed by atoms with E-state index in [1.165, 1.54) is 0 Å². The first-order valence-corrected chi connectivity index (χ1v) is 5.02. The molecule has 0 aromatic heterocycles. The van der Waals surface area contributed by atoms with Crippen molar-refractivity contribution in [2.24, 2.45) is 0 Å². The van der Waals surface area contributed by atoms with Crippen LogP contribution < -0.4 is 0 Å². The molecule has 0 saturated carbocycles. The zero-order valence-electron chi connectivity index (χ0n) is 5.43. The Morgan fingerprint density at radius 2 is 1.64 bits per heavy atom. The first-order chi connectivity index (χ1) is 4.79. The zero-order chi connectivity index (χ0) is 7.40. The van der Waals surface area contributed by atoms with E-state index in [1.54, 1.807) is 24.3 Å². The number of halogens is 1. The van der Waals surface area contributed by atoms with E-state index in [9.17, 15) is 8.42 Å². The van der Waals surface area contributed by atoms with Crippen molar-refractivity contribution in [1.29, 1.82) is 0 Å². The molecule has 0 unspecified atom stereocenters. The van der Waals surface area contributed by atoms with Crippen molar-refractivity contribution in [3.63, 3.8) is 0 Å². The van der Waals surface area contributed by atoms with Crippen LogP contribution in [0.5, 0.6) is 0 Å². The molecule has 0 fully saturated rings. The zero-order valence-corrected chi connectivity index (χ0v) is 7.88. The van der Waals surface area contributed by atoms with E-state index in [-0.39, 0.29) is 12.4 Å².